The maximum atomic E-state index is 11.8. The fourth-order valence-electron chi connectivity index (χ4n) is 2.86. The van der Waals surface area contributed by atoms with Crippen molar-refractivity contribution in [2.45, 2.75) is 25.1 Å². The number of hydrogen-bond acceptors (Lipinski definition) is 4. The van der Waals surface area contributed by atoms with Crippen molar-refractivity contribution in [3.8, 4) is 0 Å². The molecule has 0 bridgehead atoms. The third-order valence-corrected chi connectivity index (χ3v) is 7.13. The summed E-state index contributed by atoms with van der Waals surface area (Å²) in [5.74, 6) is 0.474. The quantitative estimate of drug-likeness (QED) is 0.744. The molecule has 102 valence electrons. The summed E-state index contributed by atoms with van der Waals surface area (Å²) < 4.78 is 24.4. The molecule has 2 fully saturated rings. The zero-order chi connectivity index (χ0) is 13.8. The van der Waals surface area contributed by atoms with Gasteiger partial charge >= 0.3 is 0 Å². The van der Waals surface area contributed by atoms with Gasteiger partial charge in [-0.3, -0.25) is 0 Å². The van der Waals surface area contributed by atoms with E-state index in [1.54, 1.807) is 0 Å². The number of thiocarbonyl (C=S) groups is 1. The molecule has 0 spiro atoms. The van der Waals surface area contributed by atoms with Crippen LogP contribution in [0, 0.1) is 13.8 Å². The van der Waals surface area contributed by atoms with E-state index in [1.165, 1.54) is 22.9 Å². The Hall–Kier alpha value is -0.590. The minimum atomic E-state index is -2.91. The molecule has 3 rings (SSSR count). The number of fused-ring (bicyclic) bond motifs is 1. The van der Waals surface area contributed by atoms with Crippen molar-refractivity contribution in [2.75, 3.05) is 16.4 Å². The summed E-state index contributed by atoms with van der Waals surface area (Å²) in [5, 5.41) is 0.0957. The fraction of sp³-hybridized carbons (Fsp3) is 0.462. The molecule has 0 radical (unpaired) electrons. The lowest BCUT2D eigenvalue weighted by Crippen LogP contribution is -2.36. The number of benzene rings is 1. The average molecular weight is 313 g/mol. The van der Waals surface area contributed by atoms with Gasteiger partial charge in [-0.2, -0.15) is 0 Å². The summed E-state index contributed by atoms with van der Waals surface area (Å²) in [6, 6.07) is 6.27. The molecule has 2 saturated heterocycles. The van der Waals surface area contributed by atoms with Crippen molar-refractivity contribution in [3.05, 3.63) is 29.3 Å². The lowest BCUT2D eigenvalue weighted by atomic mass is 10.1. The van der Waals surface area contributed by atoms with E-state index in [1.807, 2.05) is 18.7 Å². The van der Waals surface area contributed by atoms with E-state index in [2.05, 4.69) is 18.2 Å². The average Bonchev–Trinajstić information content (AvgIpc) is 2.66. The predicted molar refractivity (Wildman–Crippen MR) is 84.8 cm³/mol. The first-order chi connectivity index (χ1) is 8.85. The van der Waals surface area contributed by atoms with Gasteiger partial charge in [0, 0.05) is 10.9 Å². The first-order valence-corrected chi connectivity index (χ1v) is 9.25. The lowest BCUT2D eigenvalue weighted by molar-refractivity contribution is 0.601. The first kappa shape index (κ1) is 13.4. The highest BCUT2D eigenvalue weighted by Crippen LogP contribution is 2.41. The van der Waals surface area contributed by atoms with Crippen molar-refractivity contribution in [1.82, 2.24) is 0 Å². The molecule has 2 aliphatic heterocycles. The summed E-state index contributed by atoms with van der Waals surface area (Å²) >= 11 is 6.96. The monoisotopic (exact) mass is 313 g/mol. The van der Waals surface area contributed by atoms with Crippen LogP contribution < -0.4 is 4.90 Å². The number of sulfone groups is 1. The maximum Gasteiger partial charge on any atom is 0.153 e. The summed E-state index contributed by atoms with van der Waals surface area (Å²) in [6.07, 6.45) is 0. The van der Waals surface area contributed by atoms with Gasteiger partial charge in [0.2, 0.25) is 0 Å². The molecule has 0 amide bonds. The SMILES string of the molecule is Cc1cc(C)cc(N2C(=S)S[C@H]3CS(=O)(=O)C[C@H]32)c1. The second kappa shape index (κ2) is 4.46. The van der Waals surface area contributed by atoms with Gasteiger partial charge in [-0.15, -0.1) is 0 Å². The van der Waals surface area contributed by atoms with Crippen LogP contribution in [0.5, 0.6) is 0 Å². The van der Waals surface area contributed by atoms with Gasteiger partial charge in [0.05, 0.1) is 17.5 Å². The summed E-state index contributed by atoms with van der Waals surface area (Å²) in [4.78, 5) is 2.04. The zero-order valence-corrected chi connectivity index (χ0v) is 13.2. The molecule has 2 aliphatic rings. The van der Waals surface area contributed by atoms with E-state index in [9.17, 15) is 8.42 Å². The normalized spacial score (nSPS) is 28.7. The van der Waals surface area contributed by atoms with Gasteiger partial charge in [0.25, 0.3) is 0 Å². The minimum Gasteiger partial charge on any atom is -0.322 e. The highest BCUT2D eigenvalue weighted by molar-refractivity contribution is 8.24. The Morgan fingerprint density at radius 1 is 1.21 bits per heavy atom. The van der Waals surface area contributed by atoms with E-state index in [4.69, 9.17) is 12.2 Å². The Bertz CT molecular complexity index is 634. The van der Waals surface area contributed by atoms with Crippen LogP contribution in [0.1, 0.15) is 11.1 Å². The van der Waals surface area contributed by atoms with Gasteiger partial charge in [0.1, 0.15) is 4.32 Å². The highest BCUT2D eigenvalue weighted by atomic mass is 32.2. The molecule has 1 aromatic carbocycles. The van der Waals surface area contributed by atoms with E-state index in [0.717, 1.165) is 10.0 Å². The number of rotatable bonds is 1. The number of nitrogens with zero attached hydrogens (tertiary/aromatic N) is 1. The molecule has 2 atom stereocenters. The van der Waals surface area contributed by atoms with Gasteiger partial charge in [0.15, 0.2) is 9.84 Å². The topological polar surface area (TPSA) is 37.4 Å². The van der Waals surface area contributed by atoms with E-state index < -0.39 is 9.84 Å². The van der Waals surface area contributed by atoms with Crippen molar-refractivity contribution in [1.29, 1.82) is 0 Å². The van der Waals surface area contributed by atoms with Crippen LogP contribution in [0.4, 0.5) is 5.69 Å². The van der Waals surface area contributed by atoms with Gasteiger partial charge in [-0.25, -0.2) is 8.42 Å². The molecule has 0 aromatic heterocycles. The van der Waals surface area contributed by atoms with E-state index >= 15 is 0 Å². The highest BCUT2D eigenvalue weighted by Gasteiger charge is 2.48. The Labute approximate surface area is 123 Å². The third kappa shape index (κ3) is 2.41. The molecule has 0 saturated carbocycles. The van der Waals surface area contributed by atoms with E-state index in [0.29, 0.717) is 0 Å². The molecular weight excluding hydrogens is 298 g/mol. The van der Waals surface area contributed by atoms with Crippen LogP contribution in [-0.2, 0) is 9.84 Å². The van der Waals surface area contributed by atoms with Gasteiger partial charge in [-0.1, -0.05) is 30.0 Å². The Kier molecular flexibility index (Phi) is 3.15. The maximum absolute atomic E-state index is 11.8. The number of thioether (sulfide) groups is 1. The summed E-state index contributed by atoms with van der Waals surface area (Å²) in [6.45, 7) is 4.09. The Morgan fingerprint density at radius 3 is 2.47 bits per heavy atom. The van der Waals surface area contributed by atoms with Crippen molar-refractivity contribution in [3.63, 3.8) is 0 Å². The molecule has 1 aromatic rings. The molecule has 0 aliphatic carbocycles. The Balaban J connectivity index is 2.02. The van der Waals surface area contributed by atoms with Gasteiger partial charge in [-0.05, 0) is 37.1 Å². The molecule has 0 N–H and O–H groups in total. The summed E-state index contributed by atoms with van der Waals surface area (Å²) in [7, 11) is -2.91. The fourth-order valence-corrected chi connectivity index (χ4v) is 7.24. The summed E-state index contributed by atoms with van der Waals surface area (Å²) in [5.41, 5.74) is 3.37. The van der Waals surface area contributed by atoms with Crippen LogP contribution in [0.15, 0.2) is 18.2 Å². The first-order valence-electron chi connectivity index (χ1n) is 6.14. The number of hydrogen-bond donors (Lipinski definition) is 0. The standard InChI is InChI=1S/C13H15NO2S3/c1-8-3-9(2)5-10(4-8)14-11-6-19(15,16)7-12(11)18-13(14)17/h3-5,11-12H,6-7H2,1-2H3/t11-,12+/m1/s1. The molecule has 3 nitrogen and oxygen atoms in total. The van der Waals surface area contributed by atoms with Crippen LogP contribution in [0.25, 0.3) is 0 Å². The van der Waals surface area contributed by atoms with Crippen molar-refractivity contribution < 1.29 is 8.42 Å². The lowest BCUT2D eigenvalue weighted by Gasteiger charge is -2.24. The number of aryl methyl sites for hydroxylation is 2. The molecule has 19 heavy (non-hydrogen) atoms. The molecule has 6 heteroatoms. The Morgan fingerprint density at radius 2 is 1.84 bits per heavy atom. The van der Waals surface area contributed by atoms with Crippen LogP contribution in [0.3, 0.4) is 0 Å². The molecule has 2 heterocycles. The largest absolute Gasteiger partial charge is 0.322 e. The molecule has 0 unspecified atom stereocenters. The smallest absolute Gasteiger partial charge is 0.153 e. The van der Waals surface area contributed by atoms with E-state index in [-0.39, 0.29) is 22.8 Å². The van der Waals surface area contributed by atoms with Crippen molar-refractivity contribution >= 4 is 43.8 Å². The van der Waals surface area contributed by atoms with Crippen molar-refractivity contribution in [2.24, 2.45) is 0 Å². The second-order valence-corrected chi connectivity index (χ2v) is 9.31. The van der Waals surface area contributed by atoms with Gasteiger partial charge < -0.3 is 4.90 Å². The van der Waals surface area contributed by atoms with Crippen LogP contribution in [-0.4, -0.2) is 35.5 Å². The molecular formula is C13H15NO2S3. The zero-order valence-electron chi connectivity index (χ0n) is 10.8. The third-order valence-electron chi connectivity index (χ3n) is 3.54. The van der Waals surface area contributed by atoms with Crippen LogP contribution >= 0.6 is 24.0 Å². The number of anilines is 1. The predicted octanol–water partition coefficient (Wildman–Crippen LogP) is 2.31. The second-order valence-electron chi connectivity index (χ2n) is 5.28. The van der Waals surface area contributed by atoms with Crippen LogP contribution in [0.2, 0.25) is 0 Å². The minimum absolute atomic E-state index is 0.00343.